The molecule has 4 rings (SSSR count). The summed E-state index contributed by atoms with van der Waals surface area (Å²) >= 11 is 3.02. The summed E-state index contributed by atoms with van der Waals surface area (Å²) in [5.74, 6) is 0.999. The van der Waals surface area contributed by atoms with E-state index in [-0.39, 0.29) is 11.7 Å². The van der Waals surface area contributed by atoms with E-state index >= 15 is 0 Å². The Morgan fingerprint density at radius 1 is 1.10 bits per heavy atom. The summed E-state index contributed by atoms with van der Waals surface area (Å²) in [6.07, 6.45) is 1.56. The second kappa shape index (κ2) is 9.07. The van der Waals surface area contributed by atoms with E-state index in [0.717, 1.165) is 37.7 Å². The Balaban J connectivity index is 1.47. The number of hydrogen-bond acceptors (Lipinski definition) is 6. The van der Waals surface area contributed by atoms with Crippen LogP contribution in [-0.4, -0.2) is 28.7 Å². The van der Waals surface area contributed by atoms with Crippen LogP contribution in [0.25, 0.3) is 21.3 Å². The minimum Gasteiger partial charge on any atom is -0.496 e. The Hall–Kier alpha value is -2.90. The molecular weight excluding hydrogens is 402 g/mol. The molecule has 146 valence electrons. The molecule has 4 aromatic rings. The lowest BCUT2D eigenvalue weighted by atomic mass is 10.1. The zero-order chi connectivity index (χ0) is 20.1. The molecule has 1 amide bonds. The third-order valence-corrected chi connectivity index (χ3v) is 6.30. The van der Waals surface area contributed by atoms with Crippen molar-refractivity contribution in [2.45, 2.75) is 11.6 Å². The van der Waals surface area contributed by atoms with Crippen molar-refractivity contribution < 1.29 is 9.53 Å². The van der Waals surface area contributed by atoms with Gasteiger partial charge in [0.2, 0.25) is 5.91 Å². The number of aromatic nitrogens is 2. The van der Waals surface area contributed by atoms with Crippen LogP contribution in [0.2, 0.25) is 0 Å². The smallest absolute Gasteiger partial charge is 0.230 e. The van der Waals surface area contributed by atoms with Crippen LogP contribution in [0, 0.1) is 0 Å². The largest absolute Gasteiger partial charge is 0.496 e. The standard InChI is InChI=1S/C22H19N3O2S2/c1-27-18-10-6-5-9-16(18)11-23-19(26)13-29-22-20-17(15-7-3-2-4-8-15)12-28-21(20)24-14-25-22/h2-10,12,14H,11,13H2,1H3,(H,23,26). The van der Waals surface area contributed by atoms with Crippen molar-refractivity contribution in [3.8, 4) is 16.9 Å². The van der Waals surface area contributed by atoms with Gasteiger partial charge in [0.15, 0.2) is 0 Å². The lowest BCUT2D eigenvalue weighted by Gasteiger charge is -2.09. The minimum absolute atomic E-state index is 0.0517. The molecule has 0 atom stereocenters. The van der Waals surface area contributed by atoms with E-state index in [1.807, 2.05) is 42.5 Å². The summed E-state index contributed by atoms with van der Waals surface area (Å²) in [4.78, 5) is 22.2. The molecule has 29 heavy (non-hydrogen) atoms. The predicted octanol–water partition coefficient (Wildman–Crippen LogP) is 4.78. The molecule has 0 aliphatic carbocycles. The molecule has 0 fully saturated rings. The van der Waals surface area contributed by atoms with E-state index in [4.69, 9.17) is 4.74 Å². The molecule has 0 radical (unpaired) electrons. The summed E-state index contributed by atoms with van der Waals surface area (Å²) in [7, 11) is 1.63. The predicted molar refractivity (Wildman–Crippen MR) is 118 cm³/mol. The lowest BCUT2D eigenvalue weighted by Crippen LogP contribution is -2.24. The molecule has 7 heteroatoms. The SMILES string of the molecule is COc1ccccc1CNC(=O)CSc1ncnc2scc(-c3ccccc3)c12. The Morgan fingerprint density at radius 3 is 2.72 bits per heavy atom. The average Bonchev–Trinajstić information content (AvgIpc) is 3.22. The number of nitrogens with one attached hydrogen (secondary N) is 1. The maximum atomic E-state index is 12.4. The van der Waals surface area contributed by atoms with Gasteiger partial charge in [-0.15, -0.1) is 11.3 Å². The van der Waals surface area contributed by atoms with Crippen LogP contribution in [0.4, 0.5) is 0 Å². The molecule has 1 N–H and O–H groups in total. The molecule has 0 aliphatic rings. The first kappa shape index (κ1) is 19.4. The number of hydrogen-bond donors (Lipinski definition) is 1. The number of para-hydroxylation sites is 1. The molecule has 2 aromatic heterocycles. The molecule has 0 aliphatic heterocycles. The molecule has 5 nitrogen and oxygen atoms in total. The van der Waals surface area contributed by atoms with E-state index in [1.54, 1.807) is 24.8 Å². The average molecular weight is 422 g/mol. The molecule has 0 saturated carbocycles. The number of carbonyl (C=O) groups excluding carboxylic acids is 1. The van der Waals surface area contributed by atoms with Crippen LogP contribution < -0.4 is 10.1 Å². The molecular formula is C22H19N3O2S2. The van der Waals surface area contributed by atoms with E-state index in [1.165, 1.54) is 11.8 Å². The number of thiophene rings is 1. The van der Waals surface area contributed by atoms with E-state index in [9.17, 15) is 4.79 Å². The monoisotopic (exact) mass is 421 g/mol. The highest BCUT2D eigenvalue weighted by Gasteiger charge is 2.14. The highest BCUT2D eigenvalue weighted by molar-refractivity contribution is 8.00. The van der Waals surface area contributed by atoms with Crippen LogP contribution in [-0.2, 0) is 11.3 Å². The second-order valence-corrected chi connectivity index (χ2v) is 8.07. The van der Waals surface area contributed by atoms with Gasteiger partial charge >= 0.3 is 0 Å². The third-order valence-electron chi connectivity index (χ3n) is 4.43. The molecule has 2 aromatic carbocycles. The highest BCUT2D eigenvalue weighted by atomic mass is 32.2. The lowest BCUT2D eigenvalue weighted by molar-refractivity contribution is -0.118. The molecule has 0 spiro atoms. The molecule has 2 heterocycles. The fourth-order valence-electron chi connectivity index (χ4n) is 3.02. The van der Waals surface area contributed by atoms with Crippen molar-refractivity contribution in [2.24, 2.45) is 0 Å². The first-order valence-electron chi connectivity index (χ1n) is 9.05. The summed E-state index contributed by atoms with van der Waals surface area (Å²) < 4.78 is 5.33. The molecule has 0 bridgehead atoms. The van der Waals surface area contributed by atoms with Crippen LogP contribution in [0.3, 0.4) is 0 Å². The van der Waals surface area contributed by atoms with Gasteiger partial charge in [0.1, 0.15) is 21.9 Å². The number of ether oxygens (including phenoxy) is 1. The maximum Gasteiger partial charge on any atom is 0.230 e. The zero-order valence-electron chi connectivity index (χ0n) is 15.8. The first-order chi connectivity index (χ1) is 14.3. The van der Waals surface area contributed by atoms with Gasteiger partial charge in [0.05, 0.1) is 18.2 Å². The summed E-state index contributed by atoms with van der Waals surface area (Å²) in [6, 6.07) is 17.8. The Kier molecular flexibility index (Phi) is 6.07. The first-order valence-corrected chi connectivity index (χ1v) is 10.9. The van der Waals surface area contributed by atoms with E-state index in [2.05, 4.69) is 32.8 Å². The summed E-state index contributed by atoms with van der Waals surface area (Å²) in [5, 5.41) is 6.88. The number of benzene rings is 2. The van der Waals surface area contributed by atoms with Crippen molar-refractivity contribution in [2.75, 3.05) is 12.9 Å². The fraction of sp³-hybridized carbons (Fsp3) is 0.136. The number of carbonyl (C=O) groups is 1. The van der Waals surface area contributed by atoms with Crippen LogP contribution in [0.5, 0.6) is 5.75 Å². The Labute approximate surface area is 177 Å². The summed E-state index contributed by atoms with van der Waals surface area (Å²) in [6.45, 7) is 0.427. The van der Waals surface area contributed by atoms with Gasteiger partial charge in [-0.25, -0.2) is 9.97 Å². The van der Waals surface area contributed by atoms with Gasteiger partial charge in [0.25, 0.3) is 0 Å². The normalized spacial score (nSPS) is 10.8. The van der Waals surface area contributed by atoms with Crippen molar-refractivity contribution in [1.29, 1.82) is 0 Å². The number of fused-ring (bicyclic) bond motifs is 1. The van der Waals surface area contributed by atoms with Crippen molar-refractivity contribution in [3.63, 3.8) is 0 Å². The fourth-order valence-corrected chi connectivity index (χ4v) is 4.84. The van der Waals surface area contributed by atoms with Gasteiger partial charge in [-0.3, -0.25) is 4.79 Å². The van der Waals surface area contributed by atoms with Gasteiger partial charge < -0.3 is 10.1 Å². The quantitative estimate of drug-likeness (QED) is 0.344. The van der Waals surface area contributed by atoms with Crippen LogP contribution in [0.1, 0.15) is 5.56 Å². The maximum absolute atomic E-state index is 12.4. The number of rotatable bonds is 7. The Bertz CT molecular complexity index is 1130. The molecule has 0 saturated heterocycles. The van der Waals surface area contributed by atoms with Crippen LogP contribution >= 0.6 is 23.1 Å². The van der Waals surface area contributed by atoms with Crippen LogP contribution in [0.15, 0.2) is 71.3 Å². The van der Waals surface area contributed by atoms with Crippen molar-refractivity contribution in [3.05, 3.63) is 71.9 Å². The number of thioether (sulfide) groups is 1. The van der Waals surface area contributed by atoms with E-state index in [0.29, 0.717) is 6.54 Å². The number of nitrogens with zero attached hydrogens (tertiary/aromatic N) is 2. The molecule has 0 unspecified atom stereocenters. The van der Waals surface area contributed by atoms with Gasteiger partial charge in [0, 0.05) is 23.1 Å². The number of amides is 1. The van der Waals surface area contributed by atoms with E-state index < -0.39 is 0 Å². The van der Waals surface area contributed by atoms with Crippen molar-refractivity contribution in [1.82, 2.24) is 15.3 Å². The summed E-state index contributed by atoms with van der Waals surface area (Å²) in [5.41, 5.74) is 3.17. The van der Waals surface area contributed by atoms with Crippen molar-refractivity contribution >= 4 is 39.2 Å². The topological polar surface area (TPSA) is 64.1 Å². The number of methoxy groups -OCH3 is 1. The van der Waals surface area contributed by atoms with Gasteiger partial charge in [-0.1, -0.05) is 60.3 Å². The van der Waals surface area contributed by atoms with Gasteiger partial charge in [-0.2, -0.15) is 0 Å². The van der Waals surface area contributed by atoms with Gasteiger partial charge in [-0.05, 0) is 11.6 Å². The minimum atomic E-state index is -0.0517. The Morgan fingerprint density at radius 2 is 1.90 bits per heavy atom. The third kappa shape index (κ3) is 4.41. The highest BCUT2D eigenvalue weighted by Crippen LogP contribution is 2.37. The zero-order valence-corrected chi connectivity index (χ0v) is 17.4. The second-order valence-electron chi connectivity index (χ2n) is 6.25.